The third kappa shape index (κ3) is 6.48. The fourth-order valence-corrected chi connectivity index (χ4v) is 3.82. The number of aliphatic hydroxyl groups excluding tert-OH is 1. The molecule has 0 amide bonds. The lowest BCUT2D eigenvalue weighted by atomic mass is 10.0. The number of hydrogen-bond acceptors (Lipinski definition) is 5. The van der Waals surface area contributed by atoms with Crippen LogP contribution < -0.4 is 15.5 Å². The third-order valence-electron chi connectivity index (χ3n) is 5.67. The Balaban J connectivity index is 0.00000324. The van der Waals surface area contributed by atoms with E-state index in [9.17, 15) is 9.90 Å². The fraction of sp³-hybridized carbons (Fsp3) is 0.250. The maximum absolute atomic E-state index is 12.6. The summed E-state index contributed by atoms with van der Waals surface area (Å²) in [6.45, 7) is 2.63. The molecule has 0 bridgehead atoms. The van der Waals surface area contributed by atoms with Crippen LogP contribution in [-0.4, -0.2) is 30.4 Å². The van der Waals surface area contributed by atoms with Gasteiger partial charge in [0.2, 0.25) is 0 Å². The van der Waals surface area contributed by atoms with Gasteiger partial charge in [0.15, 0.2) is 16.8 Å². The lowest BCUT2D eigenvalue weighted by molar-refractivity contribution is 0.103. The van der Waals surface area contributed by atoms with Crippen LogP contribution in [0.1, 0.15) is 18.9 Å². The number of hydrogen-bond donors (Lipinski definition) is 2. The second-order valence-electron chi connectivity index (χ2n) is 8.14. The zero-order valence-electron chi connectivity index (χ0n) is 19.1. The molecule has 0 radical (unpaired) electrons. The predicted octanol–water partition coefficient (Wildman–Crippen LogP) is 5.23. The molecule has 0 spiro atoms. The van der Waals surface area contributed by atoms with E-state index in [2.05, 4.69) is 24.4 Å². The maximum atomic E-state index is 12.6. The van der Waals surface area contributed by atoms with Crippen molar-refractivity contribution in [2.75, 3.05) is 13.2 Å². The molecule has 4 rings (SSSR count). The number of rotatable bonds is 10. The van der Waals surface area contributed by atoms with Gasteiger partial charge in [-0.1, -0.05) is 73.7 Å². The van der Waals surface area contributed by atoms with Gasteiger partial charge in [-0.15, -0.1) is 12.4 Å². The summed E-state index contributed by atoms with van der Waals surface area (Å²) >= 11 is 0. The van der Waals surface area contributed by atoms with Gasteiger partial charge >= 0.3 is 0 Å². The first-order chi connectivity index (χ1) is 16.1. The van der Waals surface area contributed by atoms with Crippen LogP contribution in [0.25, 0.3) is 22.3 Å². The summed E-state index contributed by atoms with van der Waals surface area (Å²) in [6, 6.07) is 26.8. The van der Waals surface area contributed by atoms with Crippen molar-refractivity contribution in [3.63, 3.8) is 0 Å². The van der Waals surface area contributed by atoms with E-state index in [1.54, 1.807) is 18.2 Å². The van der Waals surface area contributed by atoms with Gasteiger partial charge in [0.1, 0.15) is 18.5 Å². The molecular weight excluding hydrogens is 450 g/mol. The normalized spacial score (nSPS) is 12.6. The molecule has 178 valence electrons. The molecule has 4 aromatic rings. The van der Waals surface area contributed by atoms with Crippen molar-refractivity contribution in [1.29, 1.82) is 0 Å². The summed E-state index contributed by atoms with van der Waals surface area (Å²) in [7, 11) is 0. The molecule has 0 saturated heterocycles. The molecule has 34 heavy (non-hydrogen) atoms. The molecule has 1 heterocycles. The van der Waals surface area contributed by atoms with Gasteiger partial charge in [-0.2, -0.15) is 0 Å². The molecule has 0 aliphatic carbocycles. The molecule has 6 heteroatoms. The standard InChI is InChI=1S/C28H29NO4.ClH/c1-2-22(16-20-10-5-3-6-11-20)29-18-23(30)19-32-26-15-9-14-24-25(31)17-27(33-28(24)26)21-12-7-4-8-13-21;/h3-15,17,22-23,29-30H,2,16,18-19H2,1H3;1H. The van der Waals surface area contributed by atoms with Crippen LogP contribution in [0.4, 0.5) is 0 Å². The summed E-state index contributed by atoms with van der Waals surface area (Å²) in [6.07, 6.45) is 1.16. The lowest BCUT2D eigenvalue weighted by Crippen LogP contribution is -2.38. The molecule has 0 aliphatic heterocycles. The minimum atomic E-state index is -0.700. The molecule has 2 unspecified atom stereocenters. The van der Waals surface area contributed by atoms with Crippen molar-refractivity contribution in [1.82, 2.24) is 5.32 Å². The van der Waals surface area contributed by atoms with Gasteiger partial charge in [0, 0.05) is 24.2 Å². The fourth-order valence-electron chi connectivity index (χ4n) is 3.82. The summed E-state index contributed by atoms with van der Waals surface area (Å²) in [5, 5.41) is 14.4. The second kappa shape index (κ2) is 12.4. The number of ether oxygens (including phenoxy) is 1. The highest BCUT2D eigenvalue weighted by Gasteiger charge is 2.14. The quantitative estimate of drug-likeness (QED) is 0.326. The monoisotopic (exact) mass is 479 g/mol. The van der Waals surface area contributed by atoms with Crippen molar-refractivity contribution >= 4 is 23.4 Å². The summed E-state index contributed by atoms with van der Waals surface area (Å²) in [5.74, 6) is 0.927. The molecule has 1 aromatic heterocycles. The minimum Gasteiger partial charge on any atom is -0.487 e. The SMILES string of the molecule is CCC(Cc1ccccc1)NCC(O)COc1cccc2c(=O)cc(-c3ccccc3)oc12.Cl. The van der Waals surface area contributed by atoms with E-state index >= 15 is 0 Å². The van der Waals surface area contributed by atoms with Crippen molar-refractivity contribution in [2.45, 2.75) is 31.9 Å². The highest BCUT2D eigenvalue weighted by atomic mass is 35.5. The first-order valence-corrected chi connectivity index (χ1v) is 11.3. The molecule has 2 N–H and O–H groups in total. The van der Waals surface area contributed by atoms with E-state index in [-0.39, 0.29) is 30.5 Å². The molecule has 0 fully saturated rings. The van der Waals surface area contributed by atoms with Crippen LogP contribution in [0.15, 0.2) is 94.1 Å². The smallest absolute Gasteiger partial charge is 0.193 e. The maximum Gasteiger partial charge on any atom is 0.193 e. The van der Waals surface area contributed by atoms with E-state index in [0.29, 0.717) is 29.0 Å². The van der Waals surface area contributed by atoms with Gasteiger partial charge in [-0.3, -0.25) is 4.79 Å². The molecular formula is C28H30ClNO4. The van der Waals surface area contributed by atoms with E-state index in [4.69, 9.17) is 9.15 Å². The van der Waals surface area contributed by atoms with Crippen molar-refractivity contribution < 1.29 is 14.3 Å². The minimum absolute atomic E-state index is 0. The van der Waals surface area contributed by atoms with Crippen LogP contribution >= 0.6 is 12.4 Å². The Bertz CT molecular complexity index is 1230. The molecule has 2 atom stereocenters. The summed E-state index contributed by atoms with van der Waals surface area (Å²) in [5.41, 5.74) is 2.34. The van der Waals surface area contributed by atoms with Crippen molar-refractivity contribution in [2.24, 2.45) is 0 Å². The predicted molar refractivity (Wildman–Crippen MR) is 139 cm³/mol. The van der Waals surface area contributed by atoms with Crippen LogP contribution in [0, 0.1) is 0 Å². The average Bonchev–Trinajstić information content (AvgIpc) is 2.86. The van der Waals surface area contributed by atoms with Crippen LogP contribution in [0.2, 0.25) is 0 Å². The van der Waals surface area contributed by atoms with E-state index in [0.717, 1.165) is 18.4 Å². The second-order valence-corrected chi connectivity index (χ2v) is 8.14. The van der Waals surface area contributed by atoms with E-state index in [1.165, 1.54) is 11.6 Å². The van der Waals surface area contributed by atoms with Gasteiger partial charge in [-0.05, 0) is 30.5 Å². The van der Waals surface area contributed by atoms with Crippen molar-refractivity contribution in [3.8, 4) is 17.1 Å². The largest absolute Gasteiger partial charge is 0.487 e. The molecule has 0 saturated carbocycles. The number of para-hydroxylation sites is 1. The number of halogens is 1. The third-order valence-corrected chi connectivity index (χ3v) is 5.67. The first kappa shape index (κ1) is 25.5. The Labute approximate surface area is 205 Å². The summed E-state index contributed by atoms with van der Waals surface area (Å²) < 4.78 is 11.9. The zero-order valence-corrected chi connectivity index (χ0v) is 20.0. The Kier molecular flexibility index (Phi) is 9.28. The van der Waals surface area contributed by atoms with Gasteiger partial charge in [0.25, 0.3) is 0 Å². The van der Waals surface area contributed by atoms with Gasteiger partial charge < -0.3 is 19.6 Å². The number of aliphatic hydroxyl groups is 1. The molecule has 3 aromatic carbocycles. The molecule has 5 nitrogen and oxygen atoms in total. The van der Waals surface area contributed by atoms with Crippen LogP contribution in [0.3, 0.4) is 0 Å². The van der Waals surface area contributed by atoms with Gasteiger partial charge in [-0.25, -0.2) is 0 Å². The number of benzene rings is 3. The number of fused-ring (bicyclic) bond motifs is 1. The Morgan fingerprint density at radius 1 is 0.971 bits per heavy atom. The van der Waals surface area contributed by atoms with Crippen molar-refractivity contribution in [3.05, 3.63) is 101 Å². The van der Waals surface area contributed by atoms with Gasteiger partial charge in [0.05, 0.1) is 5.39 Å². The topological polar surface area (TPSA) is 71.7 Å². The first-order valence-electron chi connectivity index (χ1n) is 11.3. The van der Waals surface area contributed by atoms with E-state index < -0.39 is 6.10 Å². The van der Waals surface area contributed by atoms with Crippen LogP contribution in [0.5, 0.6) is 5.75 Å². The van der Waals surface area contributed by atoms with E-state index in [1.807, 2.05) is 48.5 Å². The lowest BCUT2D eigenvalue weighted by Gasteiger charge is -2.20. The Morgan fingerprint density at radius 2 is 1.68 bits per heavy atom. The summed E-state index contributed by atoms with van der Waals surface area (Å²) in [4.78, 5) is 12.6. The highest BCUT2D eigenvalue weighted by molar-refractivity contribution is 5.85. The number of nitrogens with one attached hydrogen (secondary N) is 1. The highest BCUT2D eigenvalue weighted by Crippen LogP contribution is 2.28. The Hall–Kier alpha value is -3.12. The van der Waals surface area contributed by atoms with Crippen LogP contribution in [-0.2, 0) is 6.42 Å². The zero-order chi connectivity index (χ0) is 23.0. The Morgan fingerprint density at radius 3 is 2.38 bits per heavy atom. The average molecular weight is 480 g/mol. The molecule has 0 aliphatic rings.